The molecule has 19 heavy (non-hydrogen) atoms. The third-order valence-electron chi connectivity index (χ3n) is 2.04. The molecule has 104 valence electrons. The van der Waals surface area contributed by atoms with Gasteiger partial charge < -0.3 is 9.47 Å². The van der Waals surface area contributed by atoms with Crippen molar-refractivity contribution in [3.63, 3.8) is 0 Å². The van der Waals surface area contributed by atoms with Gasteiger partial charge in [0, 0.05) is 0 Å². The highest BCUT2D eigenvalue weighted by atomic mass is 19.1. The van der Waals surface area contributed by atoms with Gasteiger partial charge in [0.25, 0.3) is 0 Å². The van der Waals surface area contributed by atoms with Crippen molar-refractivity contribution >= 4 is 17.7 Å². The maximum absolute atomic E-state index is 13.9. The van der Waals surface area contributed by atoms with E-state index < -0.39 is 23.5 Å². The Kier molecular flexibility index (Phi) is 4.47. The summed E-state index contributed by atoms with van der Waals surface area (Å²) >= 11 is 0. The highest BCUT2D eigenvalue weighted by Gasteiger charge is 2.20. The van der Waals surface area contributed by atoms with E-state index in [0.29, 0.717) is 0 Å². The predicted octanol–water partition coefficient (Wildman–Crippen LogP) is 2.96. The molecule has 0 bridgehead atoms. The number of hydrogen-bond donors (Lipinski definition) is 1. The molecule has 0 aliphatic rings. The molecule has 0 radical (unpaired) electrons. The van der Waals surface area contributed by atoms with Crippen LogP contribution < -0.4 is 5.32 Å². The Balaban J connectivity index is 2.91. The van der Waals surface area contributed by atoms with Crippen LogP contribution in [0.25, 0.3) is 0 Å². The van der Waals surface area contributed by atoms with Crippen molar-refractivity contribution in [3.8, 4) is 0 Å². The summed E-state index contributed by atoms with van der Waals surface area (Å²) in [5.74, 6) is -1.68. The third-order valence-corrected chi connectivity index (χ3v) is 2.04. The van der Waals surface area contributed by atoms with Crippen molar-refractivity contribution in [2.75, 3.05) is 12.4 Å². The molecule has 0 fully saturated rings. The fraction of sp³-hybridized carbons (Fsp3) is 0.385. The molecule has 0 heterocycles. The van der Waals surface area contributed by atoms with Crippen molar-refractivity contribution < 1.29 is 23.5 Å². The Morgan fingerprint density at radius 2 is 1.89 bits per heavy atom. The van der Waals surface area contributed by atoms with E-state index >= 15 is 0 Å². The molecule has 6 heteroatoms. The molecule has 1 N–H and O–H groups in total. The Bertz CT molecular complexity index is 494. The number of carbonyl (C=O) groups excluding carboxylic acids is 2. The zero-order valence-electron chi connectivity index (χ0n) is 11.2. The molecular weight excluding hydrogens is 253 g/mol. The molecule has 0 aliphatic carbocycles. The van der Waals surface area contributed by atoms with Crippen LogP contribution in [0.2, 0.25) is 0 Å². The van der Waals surface area contributed by atoms with Gasteiger partial charge in [0.15, 0.2) is 5.82 Å². The highest BCUT2D eigenvalue weighted by molar-refractivity contribution is 5.93. The topological polar surface area (TPSA) is 64.6 Å². The highest BCUT2D eigenvalue weighted by Crippen LogP contribution is 2.19. The van der Waals surface area contributed by atoms with Crippen molar-refractivity contribution in [1.29, 1.82) is 0 Å². The minimum absolute atomic E-state index is 0.142. The van der Waals surface area contributed by atoms with Crippen LogP contribution in [0.5, 0.6) is 0 Å². The lowest BCUT2D eigenvalue weighted by molar-refractivity contribution is 0.0590. The number of rotatable bonds is 2. The second kappa shape index (κ2) is 5.69. The molecular formula is C13H16FNO4. The van der Waals surface area contributed by atoms with E-state index in [4.69, 9.17) is 4.74 Å². The fourth-order valence-corrected chi connectivity index (χ4v) is 1.31. The lowest BCUT2D eigenvalue weighted by atomic mass is 10.2. The minimum Gasteiger partial charge on any atom is -0.465 e. The monoisotopic (exact) mass is 269 g/mol. The fourth-order valence-electron chi connectivity index (χ4n) is 1.31. The molecule has 0 saturated heterocycles. The Hall–Kier alpha value is -2.11. The van der Waals surface area contributed by atoms with Crippen molar-refractivity contribution in [3.05, 3.63) is 29.6 Å². The molecule has 1 aromatic rings. The number of hydrogen-bond acceptors (Lipinski definition) is 4. The van der Waals surface area contributed by atoms with Crippen molar-refractivity contribution in [2.24, 2.45) is 0 Å². The summed E-state index contributed by atoms with van der Waals surface area (Å²) in [6.07, 6.45) is -0.798. The van der Waals surface area contributed by atoms with E-state index in [9.17, 15) is 14.0 Å². The van der Waals surface area contributed by atoms with Gasteiger partial charge >= 0.3 is 12.1 Å². The number of methoxy groups -OCH3 is 1. The maximum Gasteiger partial charge on any atom is 0.412 e. The molecule has 0 spiro atoms. The molecule has 0 unspecified atom stereocenters. The molecule has 0 atom stereocenters. The van der Waals surface area contributed by atoms with Crippen LogP contribution in [0.3, 0.4) is 0 Å². The molecule has 5 nitrogen and oxygen atoms in total. The van der Waals surface area contributed by atoms with Crippen LogP contribution in [0, 0.1) is 5.82 Å². The van der Waals surface area contributed by atoms with Crippen LogP contribution >= 0.6 is 0 Å². The van der Waals surface area contributed by atoms with E-state index in [-0.39, 0.29) is 11.3 Å². The van der Waals surface area contributed by atoms with Gasteiger partial charge in [0.05, 0.1) is 18.4 Å². The van der Waals surface area contributed by atoms with Crippen LogP contribution in [0.15, 0.2) is 18.2 Å². The first-order chi connectivity index (χ1) is 8.74. The van der Waals surface area contributed by atoms with Crippen LogP contribution in [-0.4, -0.2) is 24.8 Å². The molecule has 0 aliphatic heterocycles. The second-order valence-electron chi connectivity index (χ2n) is 4.79. The van der Waals surface area contributed by atoms with Gasteiger partial charge in [-0.15, -0.1) is 0 Å². The first kappa shape index (κ1) is 14.9. The normalized spacial score (nSPS) is 10.8. The average Bonchev–Trinajstić information content (AvgIpc) is 2.28. The molecule has 0 saturated carbocycles. The Morgan fingerprint density at radius 1 is 1.26 bits per heavy atom. The van der Waals surface area contributed by atoms with Gasteiger partial charge in [-0.1, -0.05) is 6.07 Å². The lowest BCUT2D eigenvalue weighted by Gasteiger charge is -2.20. The van der Waals surface area contributed by atoms with E-state index in [1.807, 2.05) is 0 Å². The van der Waals surface area contributed by atoms with Gasteiger partial charge in [-0.05, 0) is 32.9 Å². The quantitative estimate of drug-likeness (QED) is 0.838. The molecule has 1 rings (SSSR count). The van der Waals surface area contributed by atoms with E-state index in [0.717, 1.165) is 7.11 Å². The first-order valence-electron chi connectivity index (χ1n) is 5.61. The smallest absolute Gasteiger partial charge is 0.412 e. The number of halogens is 1. The minimum atomic E-state index is -0.861. The predicted molar refractivity (Wildman–Crippen MR) is 67.6 cm³/mol. The number of nitrogens with one attached hydrogen (secondary N) is 1. The Morgan fingerprint density at radius 3 is 2.42 bits per heavy atom. The molecule has 1 amide bonds. The summed E-state index contributed by atoms with van der Waals surface area (Å²) < 4.78 is 23.4. The summed E-state index contributed by atoms with van der Waals surface area (Å²) in [4.78, 5) is 22.8. The largest absolute Gasteiger partial charge is 0.465 e. The van der Waals surface area contributed by atoms with Gasteiger partial charge in [0.1, 0.15) is 5.60 Å². The summed E-state index contributed by atoms with van der Waals surface area (Å²) in [5, 5.41) is 2.24. The standard InChI is InChI=1S/C13H16FNO4/c1-13(2,3)19-12(17)15-9-7-5-6-8(10(9)14)11(16)18-4/h5-7H,1-4H3,(H,15,17). The number of anilines is 1. The van der Waals surface area contributed by atoms with Gasteiger partial charge in [-0.25, -0.2) is 14.0 Å². The first-order valence-corrected chi connectivity index (χ1v) is 5.61. The van der Waals surface area contributed by atoms with E-state index in [2.05, 4.69) is 10.1 Å². The summed E-state index contributed by atoms with van der Waals surface area (Å²) in [5.41, 5.74) is -1.09. The van der Waals surface area contributed by atoms with Crippen LogP contribution in [0.4, 0.5) is 14.9 Å². The van der Waals surface area contributed by atoms with Gasteiger partial charge in [-0.2, -0.15) is 0 Å². The maximum atomic E-state index is 13.9. The number of benzene rings is 1. The van der Waals surface area contributed by atoms with Gasteiger partial charge in [-0.3, -0.25) is 5.32 Å². The second-order valence-corrected chi connectivity index (χ2v) is 4.79. The Labute approximate surface area is 110 Å². The third kappa shape index (κ3) is 4.24. The summed E-state index contributed by atoms with van der Waals surface area (Å²) in [7, 11) is 1.15. The zero-order chi connectivity index (χ0) is 14.6. The molecule has 1 aromatic carbocycles. The number of ether oxygens (including phenoxy) is 2. The lowest BCUT2D eigenvalue weighted by Crippen LogP contribution is -2.27. The number of esters is 1. The summed E-state index contributed by atoms with van der Waals surface area (Å²) in [6, 6.07) is 4.02. The average molecular weight is 269 g/mol. The van der Waals surface area contributed by atoms with Gasteiger partial charge in [0.2, 0.25) is 0 Å². The van der Waals surface area contributed by atoms with Crippen LogP contribution in [-0.2, 0) is 9.47 Å². The SMILES string of the molecule is COC(=O)c1cccc(NC(=O)OC(C)(C)C)c1F. The zero-order valence-corrected chi connectivity index (χ0v) is 11.2. The van der Waals surface area contributed by atoms with Crippen LogP contribution in [0.1, 0.15) is 31.1 Å². The number of amides is 1. The summed E-state index contributed by atoms with van der Waals surface area (Å²) in [6.45, 7) is 5.06. The van der Waals surface area contributed by atoms with Crippen molar-refractivity contribution in [2.45, 2.75) is 26.4 Å². The molecule has 0 aromatic heterocycles. The van der Waals surface area contributed by atoms with Crippen molar-refractivity contribution in [1.82, 2.24) is 0 Å². The van der Waals surface area contributed by atoms with E-state index in [1.165, 1.54) is 18.2 Å². The number of carbonyl (C=O) groups is 2. The van der Waals surface area contributed by atoms with E-state index in [1.54, 1.807) is 20.8 Å².